The van der Waals surface area contributed by atoms with Crippen molar-refractivity contribution in [1.29, 1.82) is 0 Å². The van der Waals surface area contributed by atoms with E-state index < -0.39 is 0 Å². The first-order valence-electron chi connectivity index (χ1n) is 6.15. The molecule has 0 bridgehead atoms. The average molecular weight is 256 g/mol. The van der Waals surface area contributed by atoms with Crippen molar-refractivity contribution in [1.82, 2.24) is 9.97 Å². The van der Waals surface area contributed by atoms with Crippen LogP contribution in [-0.4, -0.2) is 23.0 Å². The van der Waals surface area contributed by atoms with Crippen molar-refractivity contribution in [2.45, 2.75) is 19.8 Å². The summed E-state index contributed by atoms with van der Waals surface area (Å²) in [6.07, 6.45) is 2.51. The maximum absolute atomic E-state index is 11.1. The molecule has 0 saturated carbocycles. The first-order chi connectivity index (χ1) is 9.19. The molecule has 19 heavy (non-hydrogen) atoms. The molecule has 0 spiro atoms. The molecule has 0 fully saturated rings. The normalized spacial score (nSPS) is 10.2. The van der Waals surface area contributed by atoms with E-state index in [4.69, 9.17) is 0 Å². The molecular weight excluding hydrogens is 240 g/mol. The van der Waals surface area contributed by atoms with Gasteiger partial charge in [-0.3, -0.25) is 4.79 Å². The van der Waals surface area contributed by atoms with Crippen LogP contribution in [-0.2, 0) is 16.0 Å². The molecule has 98 valence electrons. The molecule has 1 heterocycles. The number of ether oxygens (including phenoxy) is 1. The van der Waals surface area contributed by atoms with Crippen LogP contribution < -0.4 is 0 Å². The molecule has 1 aromatic heterocycles. The smallest absolute Gasteiger partial charge is 0.305 e. The monoisotopic (exact) mass is 256 g/mol. The Morgan fingerprint density at radius 1 is 1.21 bits per heavy atom. The van der Waals surface area contributed by atoms with Crippen LogP contribution >= 0.6 is 0 Å². The van der Waals surface area contributed by atoms with Crippen LogP contribution in [0.2, 0.25) is 0 Å². The van der Waals surface area contributed by atoms with Crippen molar-refractivity contribution < 1.29 is 9.53 Å². The molecule has 2 rings (SSSR count). The van der Waals surface area contributed by atoms with Crippen molar-refractivity contribution in [3.05, 3.63) is 47.9 Å². The van der Waals surface area contributed by atoms with Crippen LogP contribution in [0, 0.1) is 6.92 Å². The Bertz CT molecular complexity index is 565. The number of carbonyl (C=O) groups excluding carboxylic acids is 1. The largest absolute Gasteiger partial charge is 0.469 e. The minimum Gasteiger partial charge on any atom is -0.469 e. The maximum atomic E-state index is 11.1. The van der Waals surface area contributed by atoms with Gasteiger partial charge in [0.05, 0.1) is 19.2 Å². The summed E-state index contributed by atoms with van der Waals surface area (Å²) in [7, 11) is 1.38. The van der Waals surface area contributed by atoms with E-state index in [9.17, 15) is 4.79 Å². The molecule has 0 N–H and O–H groups in total. The van der Waals surface area contributed by atoms with Gasteiger partial charge in [0.2, 0.25) is 0 Å². The maximum Gasteiger partial charge on any atom is 0.305 e. The number of rotatable bonds is 4. The van der Waals surface area contributed by atoms with Crippen LogP contribution in [0.1, 0.15) is 17.8 Å². The Balaban J connectivity index is 2.15. The highest BCUT2D eigenvalue weighted by Crippen LogP contribution is 2.17. The molecule has 0 unspecified atom stereocenters. The standard InChI is InChI=1S/C15H16N2O2/c1-11-3-5-12(6-4-11)13-9-10-16-14(17-13)7-8-15(18)19-2/h3-6,9-10H,7-8H2,1-2H3. The molecule has 0 saturated heterocycles. The lowest BCUT2D eigenvalue weighted by atomic mass is 10.1. The second-order valence-electron chi connectivity index (χ2n) is 4.30. The third-order valence-electron chi connectivity index (χ3n) is 2.83. The Hall–Kier alpha value is -2.23. The van der Waals surface area contributed by atoms with Crippen molar-refractivity contribution in [2.24, 2.45) is 0 Å². The summed E-state index contributed by atoms with van der Waals surface area (Å²) in [5.74, 6) is 0.410. The Morgan fingerprint density at radius 2 is 1.95 bits per heavy atom. The van der Waals surface area contributed by atoms with Gasteiger partial charge < -0.3 is 4.74 Å². The number of methoxy groups -OCH3 is 1. The number of aryl methyl sites for hydroxylation is 2. The summed E-state index contributed by atoms with van der Waals surface area (Å²) in [6.45, 7) is 2.05. The van der Waals surface area contributed by atoms with E-state index in [0.29, 0.717) is 18.7 Å². The molecule has 0 aliphatic carbocycles. The summed E-state index contributed by atoms with van der Waals surface area (Å²) >= 11 is 0. The van der Waals surface area contributed by atoms with Crippen molar-refractivity contribution in [3.8, 4) is 11.3 Å². The number of aromatic nitrogens is 2. The zero-order valence-electron chi connectivity index (χ0n) is 11.1. The number of nitrogens with zero attached hydrogens (tertiary/aromatic N) is 2. The number of benzene rings is 1. The van der Waals surface area contributed by atoms with Gasteiger partial charge in [0.15, 0.2) is 0 Å². The fourth-order valence-electron chi connectivity index (χ4n) is 1.72. The topological polar surface area (TPSA) is 52.1 Å². The van der Waals surface area contributed by atoms with Gasteiger partial charge in [-0.2, -0.15) is 0 Å². The molecule has 0 aliphatic heterocycles. The lowest BCUT2D eigenvalue weighted by molar-refractivity contribution is -0.140. The van der Waals surface area contributed by atoms with Gasteiger partial charge in [0, 0.05) is 18.2 Å². The van der Waals surface area contributed by atoms with Gasteiger partial charge in [-0.15, -0.1) is 0 Å². The average Bonchev–Trinajstić information content (AvgIpc) is 2.46. The first-order valence-corrected chi connectivity index (χ1v) is 6.15. The minimum atomic E-state index is -0.246. The van der Waals surface area contributed by atoms with Crippen molar-refractivity contribution >= 4 is 5.97 Å². The van der Waals surface area contributed by atoms with Gasteiger partial charge in [-0.1, -0.05) is 29.8 Å². The first kappa shape index (κ1) is 13.2. The molecule has 0 aliphatic rings. The zero-order valence-corrected chi connectivity index (χ0v) is 11.1. The van der Waals surface area contributed by atoms with Crippen LogP contribution in [0.4, 0.5) is 0 Å². The fraction of sp³-hybridized carbons (Fsp3) is 0.267. The van der Waals surface area contributed by atoms with E-state index in [1.807, 2.05) is 37.3 Å². The summed E-state index contributed by atoms with van der Waals surface area (Å²) < 4.78 is 4.61. The quantitative estimate of drug-likeness (QED) is 0.789. The summed E-state index contributed by atoms with van der Waals surface area (Å²) in [5, 5.41) is 0. The Morgan fingerprint density at radius 3 is 2.63 bits per heavy atom. The predicted molar refractivity (Wildman–Crippen MR) is 72.5 cm³/mol. The predicted octanol–water partition coefficient (Wildman–Crippen LogP) is 2.56. The minimum absolute atomic E-state index is 0.246. The highest BCUT2D eigenvalue weighted by Gasteiger charge is 2.05. The molecule has 0 radical (unpaired) electrons. The highest BCUT2D eigenvalue weighted by molar-refractivity contribution is 5.69. The molecule has 1 aromatic carbocycles. The van der Waals surface area contributed by atoms with E-state index >= 15 is 0 Å². The third kappa shape index (κ3) is 3.61. The zero-order chi connectivity index (χ0) is 13.7. The van der Waals surface area contributed by atoms with Gasteiger partial charge in [-0.05, 0) is 13.0 Å². The summed E-state index contributed by atoms with van der Waals surface area (Å²) in [5.41, 5.74) is 3.13. The fourth-order valence-corrected chi connectivity index (χ4v) is 1.72. The molecule has 2 aromatic rings. The van der Waals surface area contributed by atoms with Crippen LogP contribution in [0.25, 0.3) is 11.3 Å². The molecule has 4 nitrogen and oxygen atoms in total. The van der Waals surface area contributed by atoms with E-state index in [0.717, 1.165) is 11.3 Å². The van der Waals surface area contributed by atoms with Gasteiger partial charge >= 0.3 is 5.97 Å². The van der Waals surface area contributed by atoms with E-state index in [1.165, 1.54) is 12.7 Å². The third-order valence-corrected chi connectivity index (χ3v) is 2.83. The summed E-state index contributed by atoms with van der Waals surface area (Å²) in [6, 6.07) is 10.0. The van der Waals surface area contributed by atoms with Gasteiger partial charge in [0.1, 0.15) is 5.82 Å². The van der Waals surface area contributed by atoms with Crippen LogP contribution in [0.15, 0.2) is 36.5 Å². The van der Waals surface area contributed by atoms with Crippen molar-refractivity contribution in [3.63, 3.8) is 0 Å². The van der Waals surface area contributed by atoms with Gasteiger partial charge in [-0.25, -0.2) is 9.97 Å². The number of hydrogen-bond acceptors (Lipinski definition) is 4. The summed E-state index contributed by atoms with van der Waals surface area (Å²) in [4.78, 5) is 19.7. The Kier molecular flexibility index (Phi) is 4.23. The van der Waals surface area contributed by atoms with Crippen molar-refractivity contribution in [2.75, 3.05) is 7.11 Å². The highest BCUT2D eigenvalue weighted by atomic mass is 16.5. The molecule has 0 amide bonds. The van der Waals surface area contributed by atoms with Crippen LogP contribution in [0.3, 0.4) is 0 Å². The number of carbonyl (C=O) groups is 1. The molecule has 4 heteroatoms. The van der Waals surface area contributed by atoms with Gasteiger partial charge in [0.25, 0.3) is 0 Å². The van der Waals surface area contributed by atoms with E-state index in [2.05, 4.69) is 14.7 Å². The molecule has 0 atom stereocenters. The second kappa shape index (κ2) is 6.09. The lowest BCUT2D eigenvalue weighted by Gasteiger charge is -2.04. The number of esters is 1. The second-order valence-corrected chi connectivity index (χ2v) is 4.30. The Labute approximate surface area is 112 Å². The lowest BCUT2D eigenvalue weighted by Crippen LogP contribution is -2.04. The van der Waals surface area contributed by atoms with E-state index in [1.54, 1.807) is 6.20 Å². The van der Waals surface area contributed by atoms with E-state index in [-0.39, 0.29) is 5.97 Å². The SMILES string of the molecule is COC(=O)CCc1nccc(-c2ccc(C)cc2)n1. The van der Waals surface area contributed by atoms with Crippen LogP contribution in [0.5, 0.6) is 0 Å². The molecular formula is C15H16N2O2. The number of hydrogen-bond donors (Lipinski definition) is 0.